The van der Waals surface area contributed by atoms with Gasteiger partial charge >= 0.3 is 0 Å². The number of nitrogens with zero attached hydrogens (tertiary/aromatic N) is 1. The summed E-state index contributed by atoms with van der Waals surface area (Å²) in [4.78, 5) is 2.33. The molecule has 1 aromatic carbocycles. The third-order valence-electron chi connectivity index (χ3n) is 3.32. The molecule has 0 radical (unpaired) electrons. The van der Waals surface area contributed by atoms with Gasteiger partial charge in [-0.3, -0.25) is 0 Å². The number of anilines is 2. The lowest BCUT2D eigenvalue weighted by Gasteiger charge is -2.12. The zero-order valence-electron chi connectivity index (χ0n) is 10.4. The molecule has 0 aliphatic carbocycles. The molecule has 1 N–H and O–H groups in total. The van der Waals surface area contributed by atoms with E-state index in [4.69, 9.17) is 0 Å². The Morgan fingerprint density at radius 2 is 2.19 bits per heavy atom. The Kier molecular flexibility index (Phi) is 3.70. The van der Waals surface area contributed by atoms with Crippen LogP contribution in [0.1, 0.15) is 31.7 Å². The Morgan fingerprint density at radius 1 is 1.31 bits per heavy atom. The zero-order chi connectivity index (χ0) is 11.4. The Labute approximate surface area is 98.7 Å². The van der Waals surface area contributed by atoms with Crippen LogP contribution < -0.4 is 10.2 Å². The van der Waals surface area contributed by atoms with Gasteiger partial charge in [0.25, 0.3) is 0 Å². The molecular formula is C14H22N2. The Hall–Kier alpha value is -1.18. The van der Waals surface area contributed by atoms with Crippen LogP contribution in [0.3, 0.4) is 0 Å². The van der Waals surface area contributed by atoms with E-state index in [0.717, 1.165) is 13.1 Å². The minimum absolute atomic E-state index is 1.10. The van der Waals surface area contributed by atoms with Gasteiger partial charge in [0.2, 0.25) is 0 Å². The SMILES string of the molecule is CCCCCNc1ccc2c(c1)CCN2C. The summed E-state index contributed by atoms with van der Waals surface area (Å²) in [5.74, 6) is 0. The molecule has 0 amide bonds. The van der Waals surface area contributed by atoms with Gasteiger partial charge in [-0.2, -0.15) is 0 Å². The van der Waals surface area contributed by atoms with E-state index in [1.54, 1.807) is 0 Å². The third kappa shape index (κ3) is 2.49. The summed E-state index contributed by atoms with van der Waals surface area (Å²) in [5.41, 5.74) is 4.17. The molecule has 1 aliphatic rings. The second-order valence-corrected chi connectivity index (χ2v) is 4.65. The normalized spacial score (nSPS) is 14.0. The second kappa shape index (κ2) is 5.24. The van der Waals surface area contributed by atoms with Crippen molar-refractivity contribution in [1.82, 2.24) is 0 Å². The highest BCUT2D eigenvalue weighted by molar-refractivity contribution is 5.63. The van der Waals surface area contributed by atoms with E-state index in [1.165, 1.54) is 42.6 Å². The zero-order valence-corrected chi connectivity index (χ0v) is 10.4. The van der Waals surface area contributed by atoms with Gasteiger partial charge in [-0.25, -0.2) is 0 Å². The number of likely N-dealkylation sites (N-methyl/N-ethyl adjacent to an activating group) is 1. The molecular weight excluding hydrogens is 196 g/mol. The highest BCUT2D eigenvalue weighted by Crippen LogP contribution is 2.28. The highest BCUT2D eigenvalue weighted by atomic mass is 15.1. The molecule has 2 heteroatoms. The van der Waals surface area contributed by atoms with Gasteiger partial charge in [-0.05, 0) is 36.6 Å². The maximum absolute atomic E-state index is 3.51. The fourth-order valence-electron chi connectivity index (χ4n) is 2.28. The van der Waals surface area contributed by atoms with Crippen LogP contribution in [-0.4, -0.2) is 20.1 Å². The number of rotatable bonds is 5. The van der Waals surface area contributed by atoms with E-state index in [2.05, 4.69) is 42.4 Å². The molecule has 0 bridgehead atoms. The predicted molar refractivity (Wildman–Crippen MR) is 71.4 cm³/mol. The molecule has 1 aliphatic heterocycles. The van der Waals surface area contributed by atoms with Crippen molar-refractivity contribution in [2.45, 2.75) is 32.6 Å². The first-order chi connectivity index (χ1) is 7.81. The monoisotopic (exact) mass is 218 g/mol. The van der Waals surface area contributed by atoms with Crippen LogP contribution in [0.2, 0.25) is 0 Å². The van der Waals surface area contributed by atoms with Gasteiger partial charge in [-0.1, -0.05) is 19.8 Å². The highest BCUT2D eigenvalue weighted by Gasteiger charge is 2.15. The first-order valence-electron chi connectivity index (χ1n) is 6.39. The van der Waals surface area contributed by atoms with Crippen molar-refractivity contribution in [2.24, 2.45) is 0 Å². The van der Waals surface area contributed by atoms with Crippen LogP contribution in [0.15, 0.2) is 18.2 Å². The Balaban J connectivity index is 1.92. The molecule has 1 aromatic rings. The van der Waals surface area contributed by atoms with Crippen molar-refractivity contribution in [2.75, 3.05) is 30.4 Å². The van der Waals surface area contributed by atoms with Crippen molar-refractivity contribution in [3.63, 3.8) is 0 Å². The average Bonchev–Trinajstić information content (AvgIpc) is 2.66. The van der Waals surface area contributed by atoms with Crippen molar-refractivity contribution in [3.05, 3.63) is 23.8 Å². The Bertz CT molecular complexity index is 347. The fraction of sp³-hybridized carbons (Fsp3) is 0.571. The van der Waals surface area contributed by atoms with E-state index >= 15 is 0 Å². The standard InChI is InChI=1S/C14H22N2/c1-3-4-5-9-15-13-6-7-14-12(11-13)8-10-16(14)2/h6-7,11,15H,3-5,8-10H2,1-2H3. The molecule has 0 saturated carbocycles. The van der Waals surface area contributed by atoms with Crippen molar-refractivity contribution >= 4 is 11.4 Å². The molecule has 0 aromatic heterocycles. The lowest BCUT2D eigenvalue weighted by molar-refractivity contribution is 0.744. The number of fused-ring (bicyclic) bond motifs is 1. The van der Waals surface area contributed by atoms with E-state index in [0.29, 0.717) is 0 Å². The summed E-state index contributed by atoms with van der Waals surface area (Å²) in [7, 11) is 2.17. The van der Waals surface area contributed by atoms with Gasteiger partial charge in [0.05, 0.1) is 0 Å². The third-order valence-corrected chi connectivity index (χ3v) is 3.32. The molecule has 0 unspecified atom stereocenters. The van der Waals surface area contributed by atoms with Crippen molar-refractivity contribution in [3.8, 4) is 0 Å². The summed E-state index contributed by atoms with van der Waals surface area (Å²) in [6.45, 7) is 4.50. The molecule has 0 atom stereocenters. The largest absolute Gasteiger partial charge is 0.385 e. The van der Waals surface area contributed by atoms with Crippen molar-refractivity contribution < 1.29 is 0 Å². The van der Waals surface area contributed by atoms with Gasteiger partial charge in [-0.15, -0.1) is 0 Å². The number of unbranched alkanes of at least 4 members (excludes halogenated alkanes) is 2. The van der Waals surface area contributed by atoms with Crippen molar-refractivity contribution in [1.29, 1.82) is 0 Å². The summed E-state index contributed by atoms with van der Waals surface area (Å²) in [6.07, 6.45) is 5.07. The van der Waals surface area contributed by atoms with Crippen LogP contribution >= 0.6 is 0 Å². The van der Waals surface area contributed by atoms with E-state index < -0.39 is 0 Å². The second-order valence-electron chi connectivity index (χ2n) is 4.65. The topological polar surface area (TPSA) is 15.3 Å². The van der Waals surface area contributed by atoms with E-state index in [-0.39, 0.29) is 0 Å². The maximum Gasteiger partial charge on any atom is 0.0398 e. The molecule has 2 nitrogen and oxygen atoms in total. The first kappa shape index (κ1) is 11.3. The van der Waals surface area contributed by atoms with Crippen LogP contribution in [0.5, 0.6) is 0 Å². The van der Waals surface area contributed by atoms with Crippen LogP contribution in [0, 0.1) is 0 Å². The van der Waals surface area contributed by atoms with Gasteiger partial charge in [0, 0.05) is 31.5 Å². The number of nitrogens with one attached hydrogen (secondary N) is 1. The Morgan fingerprint density at radius 3 is 3.00 bits per heavy atom. The molecule has 88 valence electrons. The number of hydrogen-bond acceptors (Lipinski definition) is 2. The van der Waals surface area contributed by atoms with Gasteiger partial charge in [0.1, 0.15) is 0 Å². The lowest BCUT2D eigenvalue weighted by atomic mass is 10.1. The molecule has 0 saturated heterocycles. The lowest BCUT2D eigenvalue weighted by Crippen LogP contribution is -2.12. The van der Waals surface area contributed by atoms with Gasteiger partial charge < -0.3 is 10.2 Å². The number of benzene rings is 1. The summed E-state index contributed by atoms with van der Waals surface area (Å²) < 4.78 is 0. The average molecular weight is 218 g/mol. The quantitative estimate of drug-likeness (QED) is 0.763. The van der Waals surface area contributed by atoms with E-state index in [9.17, 15) is 0 Å². The number of hydrogen-bond donors (Lipinski definition) is 1. The molecule has 0 fully saturated rings. The van der Waals surface area contributed by atoms with Crippen LogP contribution in [0.4, 0.5) is 11.4 Å². The molecule has 16 heavy (non-hydrogen) atoms. The molecule has 1 heterocycles. The van der Waals surface area contributed by atoms with E-state index in [1.807, 2.05) is 0 Å². The summed E-state index contributed by atoms with van der Waals surface area (Å²) in [6, 6.07) is 6.75. The minimum Gasteiger partial charge on any atom is -0.385 e. The minimum atomic E-state index is 1.10. The maximum atomic E-state index is 3.51. The van der Waals surface area contributed by atoms with Crippen LogP contribution in [-0.2, 0) is 6.42 Å². The van der Waals surface area contributed by atoms with Crippen LogP contribution in [0.25, 0.3) is 0 Å². The molecule has 2 rings (SSSR count). The summed E-state index contributed by atoms with van der Waals surface area (Å²) >= 11 is 0. The smallest absolute Gasteiger partial charge is 0.0398 e. The predicted octanol–water partition coefficient (Wildman–Crippen LogP) is 3.28. The first-order valence-corrected chi connectivity index (χ1v) is 6.39. The van der Waals surface area contributed by atoms with Gasteiger partial charge in [0.15, 0.2) is 0 Å². The fourth-order valence-corrected chi connectivity index (χ4v) is 2.28. The summed E-state index contributed by atoms with van der Waals surface area (Å²) in [5, 5.41) is 3.51. The molecule has 0 spiro atoms.